The molecule has 1 N–H and O–H groups in total. The van der Waals surface area contributed by atoms with Crippen LogP contribution in [-0.4, -0.2) is 66.7 Å². The molecule has 7 heteroatoms. The molecule has 0 unspecified atom stereocenters. The molecule has 1 saturated heterocycles. The maximum Gasteiger partial charge on any atom is 0.241 e. The van der Waals surface area contributed by atoms with E-state index in [4.69, 9.17) is 4.74 Å². The molecule has 2 fully saturated rings. The molecule has 2 heterocycles. The highest BCUT2D eigenvalue weighted by molar-refractivity contribution is 5.82. The van der Waals surface area contributed by atoms with Crippen LogP contribution in [0.5, 0.6) is 0 Å². The fraction of sp³-hybridized carbons (Fsp3) is 0.706. The van der Waals surface area contributed by atoms with Gasteiger partial charge in [0, 0.05) is 39.4 Å². The number of carbonyl (C=O) groups excluding carboxylic acids is 1. The van der Waals surface area contributed by atoms with E-state index in [9.17, 15) is 4.79 Å². The molecular formula is C17H27N5O2. The van der Waals surface area contributed by atoms with E-state index in [-0.39, 0.29) is 5.91 Å². The molecule has 132 valence electrons. The Morgan fingerprint density at radius 1 is 1.33 bits per heavy atom. The first-order valence-corrected chi connectivity index (χ1v) is 8.82. The molecule has 0 spiro atoms. The van der Waals surface area contributed by atoms with Gasteiger partial charge in [0.25, 0.3) is 0 Å². The second kappa shape index (κ2) is 7.79. The SMILES string of the molecule is CCOC1CC(CCNc2cc(N3CCN(C)C(=O)C3)ncn2)C1. The smallest absolute Gasteiger partial charge is 0.241 e. The van der Waals surface area contributed by atoms with Crippen molar-refractivity contribution in [1.82, 2.24) is 14.9 Å². The van der Waals surface area contributed by atoms with Crippen LogP contribution in [0.15, 0.2) is 12.4 Å². The van der Waals surface area contributed by atoms with E-state index in [0.717, 1.165) is 50.2 Å². The van der Waals surface area contributed by atoms with Gasteiger partial charge in [0.15, 0.2) is 0 Å². The number of piperazine rings is 1. The Morgan fingerprint density at radius 3 is 2.92 bits per heavy atom. The summed E-state index contributed by atoms with van der Waals surface area (Å²) in [6, 6.07) is 1.93. The number of hydrogen-bond donors (Lipinski definition) is 1. The monoisotopic (exact) mass is 333 g/mol. The molecule has 0 atom stereocenters. The summed E-state index contributed by atoms with van der Waals surface area (Å²) in [4.78, 5) is 24.2. The van der Waals surface area contributed by atoms with Crippen LogP contribution in [0.1, 0.15) is 26.2 Å². The van der Waals surface area contributed by atoms with Gasteiger partial charge in [-0.05, 0) is 32.1 Å². The zero-order chi connectivity index (χ0) is 16.9. The fourth-order valence-electron chi connectivity index (χ4n) is 3.26. The summed E-state index contributed by atoms with van der Waals surface area (Å²) in [5.74, 6) is 2.52. The minimum Gasteiger partial charge on any atom is -0.378 e. The van der Waals surface area contributed by atoms with E-state index >= 15 is 0 Å². The molecule has 7 nitrogen and oxygen atoms in total. The van der Waals surface area contributed by atoms with E-state index in [1.54, 1.807) is 11.2 Å². The molecule has 1 saturated carbocycles. The summed E-state index contributed by atoms with van der Waals surface area (Å²) >= 11 is 0. The van der Waals surface area contributed by atoms with E-state index in [0.29, 0.717) is 12.6 Å². The maximum absolute atomic E-state index is 11.8. The van der Waals surface area contributed by atoms with Crippen molar-refractivity contribution in [1.29, 1.82) is 0 Å². The molecular weight excluding hydrogens is 306 g/mol. The average molecular weight is 333 g/mol. The van der Waals surface area contributed by atoms with Crippen molar-refractivity contribution in [3.63, 3.8) is 0 Å². The molecule has 2 aliphatic rings. The van der Waals surface area contributed by atoms with E-state index in [2.05, 4.69) is 22.2 Å². The van der Waals surface area contributed by atoms with Crippen molar-refractivity contribution in [2.75, 3.05) is 50.1 Å². The first-order chi connectivity index (χ1) is 11.7. The van der Waals surface area contributed by atoms with Gasteiger partial charge in [-0.3, -0.25) is 4.79 Å². The molecule has 1 amide bonds. The van der Waals surface area contributed by atoms with Gasteiger partial charge in [-0.15, -0.1) is 0 Å². The molecule has 0 bridgehead atoms. The van der Waals surface area contributed by atoms with Gasteiger partial charge in [-0.1, -0.05) is 0 Å². The Bertz CT molecular complexity index is 562. The van der Waals surface area contributed by atoms with Gasteiger partial charge in [-0.2, -0.15) is 0 Å². The van der Waals surface area contributed by atoms with Crippen LogP contribution in [0.4, 0.5) is 11.6 Å². The van der Waals surface area contributed by atoms with Crippen LogP contribution in [0.2, 0.25) is 0 Å². The van der Waals surface area contributed by atoms with Crippen LogP contribution in [0.3, 0.4) is 0 Å². The fourth-order valence-corrected chi connectivity index (χ4v) is 3.26. The lowest BCUT2D eigenvalue weighted by atomic mass is 9.80. The van der Waals surface area contributed by atoms with Gasteiger partial charge in [0.1, 0.15) is 18.0 Å². The summed E-state index contributed by atoms with van der Waals surface area (Å²) in [6.45, 7) is 5.69. The number of ether oxygens (including phenoxy) is 1. The number of nitrogens with one attached hydrogen (secondary N) is 1. The molecule has 1 aliphatic heterocycles. The van der Waals surface area contributed by atoms with Crippen molar-refractivity contribution in [2.45, 2.75) is 32.3 Å². The molecule has 24 heavy (non-hydrogen) atoms. The Labute approximate surface area is 143 Å². The Balaban J connectivity index is 1.45. The number of rotatable bonds is 7. The first kappa shape index (κ1) is 17.0. The Morgan fingerprint density at radius 2 is 2.17 bits per heavy atom. The molecule has 3 rings (SSSR count). The van der Waals surface area contributed by atoms with E-state index in [1.807, 2.05) is 18.0 Å². The van der Waals surface area contributed by atoms with Crippen molar-refractivity contribution < 1.29 is 9.53 Å². The third-order valence-electron chi connectivity index (χ3n) is 4.89. The standard InChI is InChI=1S/C17H27N5O2/c1-3-24-14-8-13(9-14)4-5-18-15-10-16(20-12-19-15)22-7-6-21(2)17(23)11-22/h10,12-14H,3-9,11H2,1-2H3,(H,18,19,20). The summed E-state index contributed by atoms with van der Waals surface area (Å²) in [5, 5.41) is 3.38. The van der Waals surface area contributed by atoms with Crippen molar-refractivity contribution in [3.05, 3.63) is 12.4 Å². The highest BCUT2D eigenvalue weighted by Crippen LogP contribution is 2.32. The zero-order valence-corrected chi connectivity index (χ0v) is 14.6. The van der Waals surface area contributed by atoms with Gasteiger partial charge in [0.05, 0.1) is 12.6 Å². The predicted molar refractivity (Wildman–Crippen MR) is 93.1 cm³/mol. The topological polar surface area (TPSA) is 70.6 Å². The lowest BCUT2D eigenvalue weighted by molar-refractivity contribution is -0.129. The molecule has 1 aliphatic carbocycles. The third kappa shape index (κ3) is 4.14. The average Bonchev–Trinajstić information content (AvgIpc) is 2.55. The number of aromatic nitrogens is 2. The molecule has 1 aromatic heterocycles. The summed E-state index contributed by atoms with van der Waals surface area (Å²) < 4.78 is 5.59. The Hall–Kier alpha value is -1.89. The highest BCUT2D eigenvalue weighted by atomic mass is 16.5. The van der Waals surface area contributed by atoms with Gasteiger partial charge in [0.2, 0.25) is 5.91 Å². The van der Waals surface area contributed by atoms with Crippen molar-refractivity contribution in [2.24, 2.45) is 5.92 Å². The van der Waals surface area contributed by atoms with Crippen molar-refractivity contribution in [3.8, 4) is 0 Å². The summed E-state index contributed by atoms with van der Waals surface area (Å²) in [5.41, 5.74) is 0. The zero-order valence-electron chi connectivity index (χ0n) is 14.6. The number of amides is 1. The predicted octanol–water partition coefficient (Wildman–Crippen LogP) is 1.37. The van der Waals surface area contributed by atoms with Gasteiger partial charge in [-0.25, -0.2) is 9.97 Å². The van der Waals surface area contributed by atoms with Gasteiger partial charge < -0.3 is 19.9 Å². The number of hydrogen-bond acceptors (Lipinski definition) is 6. The van der Waals surface area contributed by atoms with Crippen molar-refractivity contribution >= 4 is 17.5 Å². The molecule has 1 aromatic rings. The quantitative estimate of drug-likeness (QED) is 0.813. The first-order valence-electron chi connectivity index (χ1n) is 8.82. The van der Waals surface area contributed by atoms with Crippen LogP contribution in [0, 0.1) is 5.92 Å². The maximum atomic E-state index is 11.8. The number of carbonyl (C=O) groups is 1. The molecule has 0 radical (unpaired) electrons. The second-order valence-corrected chi connectivity index (χ2v) is 6.63. The number of nitrogens with zero attached hydrogens (tertiary/aromatic N) is 4. The number of anilines is 2. The lowest BCUT2D eigenvalue weighted by Gasteiger charge is -2.35. The van der Waals surface area contributed by atoms with Crippen LogP contribution < -0.4 is 10.2 Å². The van der Waals surface area contributed by atoms with Crippen LogP contribution >= 0.6 is 0 Å². The van der Waals surface area contributed by atoms with Gasteiger partial charge >= 0.3 is 0 Å². The largest absolute Gasteiger partial charge is 0.378 e. The third-order valence-corrected chi connectivity index (χ3v) is 4.89. The van der Waals surface area contributed by atoms with Crippen LogP contribution in [-0.2, 0) is 9.53 Å². The summed E-state index contributed by atoms with van der Waals surface area (Å²) in [7, 11) is 1.84. The van der Waals surface area contributed by atoms with Crippen LogP contribution in [0.25, 0.3) is 0 Å². The molecule has 0 aromatic carbocycles. The lowest BCUT2D eigenvalue weighted by Crippen LogP contribution is -2.48. The minimum absolute atomic E-state index is 0.128. The minimum atomic E-state index is 0.128. The highest BCUT2D eigenvalue weighted by Gasteiger charge is 2.28. The number of likely N-dealkylation sites (N-methyl/N-ethyl adjacent to an activating group) is 1. The summed E-state index contributed by atoms with van der Waals surface area (Å²) in [6.07, 6.45) is 5.52. The van der Waals surface area contributed by atoms with E-state index in [1.165, 1.54) is 12.8 Å². The normalized spacial score (nSPS) is 24.0. The Kier molecular flexibility index (Phi) is 5.50. The van der Waals surface area contributed by atoms with E-state index < -0.39 is 0 Å². The second-order valence-electron chi connectivity index (χ2n) is 6.63.